The summed E-state index contributed by atoms with van der Waals surface area (Å²) in [6.45, 7) is 0. The average Bonchev–Trinajstić information content (AvgIpc) is 2.91. The molecule has 0 unspecified atom stereocenters. The Balaban J connectivity index is 1.81. The molecule has 0 saturated heterocycles. The Hall–Kier alpha value is -2.62. The topological polar surface area (TPSA) is 36.1 Å². The highest BCUT2D eigenvalue weighted by atomic mass is 19.1. The number of rotatable bonds is 3. The van der Waals surface area contributed by atoms with E-state index >= 15 is 0 Å². The minimum absolute atomic E-state index is 0.0358. The Morgan fingerprint density at radius 1 is 1.14 bits per heavy atom. The number of H-pyrrole nitrogens is 1. The van der Waals surface area contributed by atoms with E-state index in [0.29, 0.717) is 12.1 Å². The van der Waals surface area contributed by atoms with Crippen molar-refractivity contribution in [2.24, 2.45) is 0 Å². The lowest BCUT2D eigenvalue weighted by Gasteiger charge is -2.17. The molecule has 106 valence electrons. The Kier molecular flexibility index (Phi) is 3.44. The number of amides is 1. The second-order valence-electron chi connectivity index (χ2n) is 4.97. The summed E-state index contributed by atoms with van der Waals surface area (Å²) in [6.07, 6.45) is 2.17. The van der Waals surface area contributed by atoms with Gasteiger partial charge in [0.05, 0.1) is 6.42 Å². The second-order valence-corrected chi connectivity index (χ2v) is 4.97. The maximum Gasteiger partial charge on any atom is 0.231 e. The van der Waals surface area contributed by atoms with Crippen molar-refractivity contribution < 1.29 is 9.18 Å². The van der Waals surface area contributed by atoms with Crippen LogP contribution in [0.15, 0.2) is 54.7 Å². The molecule has 3 aromatic rings. The molecule has 0 aliphatic heterocycles. The highest BCUT2D eigenvalue weighted by Crippen LogP contribution is 2.20. The Morgan fingerprint density at radius 3 is 2.62 bits per heavy atom. The fourth-order valence-corrected chi connectivity index (χ4v) is 2.37. The second kappa shape index (κ2) is 5.40. The smallest absolute Gasteiger partial charge is 0.231 e. The van der Waals surface area contributed by atoms with E-state index in [0.717, 1.165) is 16.5 Å². The number of aromatic nitrogens is 1. The number of nitrogens with zero attached hydrogens (tertiary/aromatic N) is 1. The van der Waals surface area contributed by atoms with Gasteiger partial charge in [-0.25, -0.2) is 4.39 Å². The predicted octanol–water partition coefficient (Wildman–Crippen LogP) is 3.51. The van der Waals surface area contributed by atoms with Crippen molar-refractivity contribution in [3.05, 3.63) is 66.1 Å². The first-order valence-electron chi connectivity index (χ1n) is 6.72. The van der Waals surface area contributed by atoms with E-state index in [9.17, 15) is 9.18 Å². The number of halogens is 1. The first-order chi connectivity index (χ1) is 10.1. The van der Waals surface area contributed by atoms with Gasteiger partial charge in [0.1, 0.15) is 5.82 Å². The van der Waals surface area contributed by atoms with Gasteiger partial charge in [-0.2, -0.15) is 0 Å². The number of likely N-dealkylation sites (N-methyl/N-ethyl adjacent to an activating group) is 1. The molecular weight excluding hydrogens is 267 g/mol. The molecule has 1 heterocycles. The van der Waals surface area contributed by atoms with Crippen LogP contribution in [0.5, 0.6) is 0 Å². The van der Waals surface area contributed by atoms with E-state index < -0.39 is 0 Å². The largest absolute Gasteiger partial charge is 0.361 e. The lowest BCUT2D eigenvalue weighted by Crippen LogP contribution is -2.27. The van der Waals surface area contributed by atoms with E-state index in [1.165, 1.54) is 12.1 Å². The zero-order valence-corrected chi connectivity index (χ0v) is 11.6. The number of para-hydroxylation sites is 1. The molecular formula is C17H15FN2O. The number of benzene rings is 2. The third kappa shape index (κ3) is 2.65. The summed E-state index contributed by atoms with van der Waals surface area (Å²) in [6, 6.07) is 13.8. The highest BCUT2D eigenvalue weighted by Gasteiger charge is 2.14. The summed E-state index contributed by atoms with van der Waals surface area (Å²) in [7, 11) is 1.70. The number of fused-ring (bicyclic) bond motifs is 1. The molecule has 4 heteroatoms. The zero-order chi connectivity index (χ0) is 14.8. The normalized spacial score (nSPS) is 10.8. The molecule has 0 spiro atoms. The summed E-state index contributed by atoms with van der Waals surface area (Å²) >= 11 is 0. The molecule has 0 aliphatic rings. The van der Waals surface area contributed by atoms with Crippen LogP contribution in [-0.2, 0) is 11.2 Å². The summed E-state index contributed by atoms with van der Waals surface area (Å²) in [5.74, 6) is -0.345. The summed E-state index contributed by atoms with van der Waals surface area (Å²) in [4.78, 5) is 17.1. The number of anilines is 1. The minimum atomic E-state index is -0.309. The van der Waals surface area contributed by atoms with Crippen LogP contribution in [0.2, 0.25) is 0 Å². The van der Waals surface area contributed by atoms with Crippen molar-refractivity contribution in [1.82, 2.24) is 4.98 Å². The molecule has 21 heavy (non-hydrogen) atoms. The van der Waals surface area contributed by atoms with Crippen LogP contribution in [0.1, 0.15) is 5.56 Å². The fraction of sp³-hybridized carbons (Fsp3) is 0.118. The van der Waals surface area contributed by atoms with Crippen molar-refractivity contribution in [2.45, 2.75) is 6.42 Å². The van der Waals surface area contributed by atoms with Gasteiger partial charge in [0.2, 0.25) is 5.91 Å². The van der Waals surface area contributed by atoms with Gasteiger partial charge in [0, 0.05) is 29.8 Å². The van der Waals surface area contributed by atoms with E-state index in [4.69, 9.17) is 0 Å². The third-order valence-electron chi connectivity index (χ3n) is 3.60. The summed E-state index contributed by atoms with van der Waals surface area (Å²) in [5.41, 5.74) is 2.66. The first kappa shape index (κ1) is 13.4. The minimum Gasteiger partial charge on any atom is -0.361 e. The van der Waals surface area contributed by atoms with Crippen molar-refractivity contribution in [3.8, 4) is 0 Å². The Labute approximate surface area is 122 Å². The maximum absolute atomic E-state index is 12.9. The molecule has 0 fully saturated rings. The maximum atomic E-state index is 12.9. The molecule has 1 aromatic heterocycles. The van der Waals surface area contributed by atoms with Crippen LogP contribution in [0, 0.1) is 5.82 Å². The highest BCUT2D eigenvalue weighted by molar-refractivity contribution is 5.97. The lowest BCUT2D eigenvalue weighted by atomic mass is 10.1. The van der Waals surface area contributed by atoms with Gasteiger partial charge in [-0.1, -0.05) is 18.2 Å². The van der Waals surface area contributed by atoms with Gasteiger partial charge in [-0.3, -0.25) is 4.79 Å². The number of aromatic amines is 1. The SMILES string of the molecule is CN(C(=O)Cc1c[nH]c2ccccc12)c1ccc(F)cc1. The summed E-state index contributed by atoms with van der Waals surface area (Å²) < 4.78 is 12.9. The first-order valence-corrected chi connectivity index (χ1v) is 6.72. The van der Waals surface area contributed by atoms with Gasteiger partial charge in [0.15, 0.2) is 0 Å². The monoisotopic (exact) mass is 282 g/mol. The molecule has 2 aromatic carbocycles. The van der Waals surface area contributed by atoms with Crippen LogP contribution >= 0.6 is 0 Å². The van der Waals surface area contributed by atoms with E-state index in [-0.39, 0.29) is 11.7 Å². The fourth-order valence-electron chi connectivity index (χ4n) is 2.37. The van der Waals surface area contributed by atoms with Crippen LogP contribution < -0.4 is 4.90 Å². The molecule has 0 radical (unpaired) electrons. The van der Waals surface area contributed by atoms with E-state index in [1.54, 1.807) is 24.1 Å². The standard InChI is InChI=1S/C17H15FN2O/c1-20(14-8-6-13(18)7-9-14)17(21)10-12-11-19-16-5-3-2-4-15(12)16/h2-9,11,19H,10H2,1H3. The van der Waals surface area contributed by atoms with Gasteiger partial charge < -0.3 is 9.88 Å². The van der Waals surface area contributed by atoms with Gasteiger partial charge in [-0.05, 0) is 35.9 Å². The quantitative estimate of drug-likeness (QED) is 0.784. The van der Waals surface area contributed by atoms with Crippen LogP contribution in [-0.4, -0.2) is 17.9 Å². The number of carbonyl (C=O) groups excluding carboxylic acids is 1. The van der Waals surface area contributed by atoms with E-state index in [2.05, 4.69) is 4.98 Å². The van der Waals surface area contributed by atoms with Crippen LogP contribution in [0.3, 0.4) is 0 Å². The number of nitrogens with one attached hydrogen (secondary N) is 1. The van der Waals surface area contributed by atoms with Crippen molar-refractivity contribution in [2.75, 3.05) is 11.9 Å². The van der Waals surface area contributed by atoms with Crippen LogP contribution in [0.4, 0.5) is 10.1 Å². The lowest BCUT2D eigenvalue weighted by molar-refractivity contribution is -0.117. The van der Waals surface area contributed by atoms with Crippen molar-refractivity contribution in [1.29, 1.82) is 0 Å². The molecule has 0 atom stereocenters. The molecule has 1 amide bonds. The van der Waals surface area contributed by atoms with Crippen molar-refractivity contribution in [3.63, 3.8) is 0 Å². The molecule has 0 aliphatic carbocycles. The number of hydrogen-bond donors (Lipinski definition) is 1. The zero-order valence-electron chi connectivity index (χ0n) is 11.6. The molecule has 3 rings (SSSR count). The van der Waals surface area contributed by atoms with Crippen LogP contribution in [0.25, 0.3) is 10.9 Å². The number of hydrogen-bond acceptors (Lipinski definition) is 1. The van der Waals surface area contributed by atoms with Gasteiger partial charge in [0.25, 0.3) is 0 Å². The van der Waals surface area contributed by atoms with Gasteiger partial charge in [-0.15, -0.1) is 0 Å². The van der Waals surface area contributed by atoms with Gasteiger partial charge >= 0.3 is 0 Å². The number of carbonyl (C=O) groups is 1. The average molecular weight is 282 g/mol. The molecule has 3 nitrogen and oxygen atoms in total. The van der Waals surface area contributed by atoms with E-state index in [1.807, 2.05) is 30.5 Å². The molecule has 1 N–H and O–H groups in total. The Bertz CT molecular complexity index is 777. The third-order valence-corrected chi connectivity index (χ3v) is 3.60. The Morgan fingerprint density at radius 2 is 1.86 bits per heavy atom. The summed E-state index contributed by atoms with van der Waals surface area (Å²) in [5, 5.41) is 1.05. The van der Waals surface area contributed by atoms with Crippen molar-refractivity contribution >= 4 is 22.5 Å². The molecule has 0 bridgehead atoms. The predicted molar refractivity (Wildman–Crippen MR) is 81.8 cm³/mol. The molecule has 0 saturated carbocycles.